The maximum absolute atomic E-state index is 13.0. The fourth-order valence-electron chi connectivity index (χ4n) is 5.28. The quantitative estimate of drug-likeness (QED) is 0.788. The van der Waals surface area contributed by atoms with Gasteiger partial charge in [0.15, 0.2) is 0 Å². The van der Waals surface area contributed by atoms with E-state index in [9.17, 15) is 4.79 Å². The van der Waals surface area contributed by atoms with E-state index in [1.54, 1.807) is 0 Å². The Morgan fingerprint density at radius 3 is 2.29 bits per heavy atom. The van der Waals surface area contributed by atoms with Gasteiger partial charge in [0.05, 0.1) is 5.92 Å². The van der Waals surface area contributed by atoms with Gasteiger partial charge < -0.3 is 5.32 Å². The Bertz CT molecular complexity index is 776. The average molecular weight is 377 g/mol. The van der Waals surface area contributed by atoms with Crippen molar-refractivity contribution in [3.8, 4) is 0 Å². The van der Waals surface area contributed by atoms with Crippen LogP contribution in [0.3, 0.4) is 0 Å². The van der Waals surface area contributed by atoms with Crippen molar-refractivity contribution in [2.24, 2.45) is 11.8 Å². The summed E-state index contributed by atoms with van der Waals surface area (Å²) in [7, 11) is 0. The number of carbonyl (C=O) groups is 1. The Kier molecular flexibility index (Phi) is 5.82. The van der Waals surface area contributed by atoms with Crippen molar-refractivity contribution in [3.63, 3.8) is 0 Å². The predicted octanol–water partition coefficient (Wildman–Crippen LogP) is 4.77. The highest BCUT2D eigenvalue weighted by Gasteiger charge is 2.44. The van der Waals surface area contributed by atoms with E-state index in [0.29, 0.717) is 23.9 Å². The van der Waals surface area contributed by atoms with Gasteiger partial charge in [-0.3, -0.25) is 9.69 Å². The lowest BCUT2D eigenvalue weighted by Crippen LogP contribution is -2.42. The van der Waals surface area contributed by atoms with Gasteiger partial charge in [-0.05, 0) is 49.1 Å². The molecule has 1 aliphatic heterocycles. The number of benzene rings is 2. The van der Waals surface area contributed by atoms with Crippen molar-refractivity contribution in [1.82, 2.24) is 10.2 Å². The minimum Gasteiger partial charge on any atom is -0.353 e. The number of likely N-dealkylation sites (tertiary alicyclic amines) is 1. The fourth-order valence-corrected chi connectivity index (χ4v) is 5.28. The zero-order chi connectivity index (χ0) is 19.5. The summed E-state index contributed by atoms with van der Waals surface area (Å²) in [4.78, 5) is 15.6. The molecule has 2 aromatic carbocycles. The van der Waals surface area contributed by atoms with Crippen LogP contribution in [0.2, 0.25) is 0 Å². The monoisotopic (exact) mass is 376 g/mol. The van der Waals surface area contributed by atoms with Gasteiger partial charge in [0.25, 0.3) is 0 Å². The van der Waals surface area contributed by atoms with Crippen LogP contribution in [0, 0.1) is 11.8 Å². The van der Waals surface area contributed by atoms with Crippen LogP contribution in [-0.2, 0) is 4.79 Å². The molecule has 1 amide bonds. The molecule has 1 aliphatic carbocycles. The topological polar surface area (TPSA) is 32.3 Å². The number of fused-ring (bicyclic) bond motifs is 1. The molecule has 0 bridgehead atoms. The molecule has 0 unspecified atom stereocenters. The van der Waals surface area contributed by atoms with Crippen molar-refractivity contribution in [2.45, 2.75) is 51.1 Å². The maximum Gasteiger partial charge on any atom is 0.227 e. The summed E-state index contributed by atoms with van der Waals surface area (Å²) in [6.45, 7) is 6.66. The molecule has 3 nitrogen and oxygen atoms in total. The van der Waals surface area contributed by atoms with Crippen molar-refractivity contribution in [1.29, 1.82) is 0 Å². The minimum absolute atomic E-state index is 0.0407. The third kappa shape index (κ3) is 3.86. The van der Waals surface area contributed by atoms with Crippen LogP contribution in [0.1, 0.15) is 56.2 Å². The number of hydrogen-bond donors (Lipinski definition) is 1. The molecule has 148 valence electrons. The maximum atomic E-state index is 13.0. The Labute approximate surface area is 169 Å². The van der Waals surface area contributed by atoms with Crippen molar-refractivity contribution >= 4 is 5.91 Å². The number of hydrogen-bond acceptors (Lipinski definition) is 2. The van der Waals surface area contributed by atoms with Gasteiger partial charge in [-0.1, -0.05) is 67.6 Å². The Balaban J connectivity index is 1.40. The first-order valence-corrected chi connectivity index (χ1v) is 10.8. The molecule has 1 saturated carbocycles. The molecule has 1 heterocycles. The van der Waals surface area contributed by atoms with Gasteiger partial charge in [0, 0.05) is 25.2 Å². The summed E-state index contributed by atoms with van der Waals surface area (Å²) in [5.74, 6) is 1.46. The molecular weight excluding hydrogens is 344 g/mol. The molecule has 5 atom stereocenters. The second-order valence-electron chi connectivity index (χ2n) is 8.53. The zero-order valence-electron chi connectivity index (χ0n) is 17.1. The molecule has 2 fully saturated rings. The first kappa shape index (κ1) is 19.2. The molecule has 28 heavy (non-hydrogen) atoms. The summed E-state index contributed by atoms with van der Waals surface area (Å²) in [6, 6.07) is 21.8. The second-order valence-corrected chi connectivity index (χ2v) is 8.53. The number of amides is 1. The van der Waals surface area contributed by atoms with E-state index in [1.807, 2.05) is 18.2 Å². The zero-order valence-corrected chi connectivity index (χ0v) is 17.1. The van der Waals surface area contributed by atoms with Gasteiger partial charge in [-0.2, -0.15) is 0 Å². The molecule has 0 spiro atoms. The van der Waals surface area contributed by atoms with Crippen molar-refractivity contribution < 1.29 is 4.79 Å². The molecule has 2 aliphatic rings. The Morgan fingerprint density at radius 2 is 1.64 bits per heavy atom. The molecule has 1 saturated heterocycles. The summed E-state index contributed by atoms with van der Waals surface area (Å²) in [5, 5.41) is 3.43. The third-order valence-electron chi connectivity index (χ3n) is 6.97. The summed E-state index contributed by atoms with van der Waals surface area (Å²) < 4.78 is 0. The van der Waals surface area contributed by atoms with E-state index >= 15 is 0 Å². The molecule has 1 N–H and O–H groups in total. The average Bonchev–Trinajstić information content (AvgIpc) is 3.31. The van der Waals surface area contributed by atoms with E-state index in [2.05, 4.69) is 66.5 Å². The molecule has 4 rings (SSSR count). The number of nitrogens with zero attached hydrogens (tertiary/aromatic N) is 1. The van der Waals surface area contributed by atoms with Crippen LogP contribution in [0.25, 0.3) is 0 Å². The van der Waals surface area contributed by atoms with Gasteiger partial charge in [-0.25, -0.2) is 0 Å². The van der Waals surface area contributed by atoms with Crippen LogP contribution in [0.4, 0.5) is 0 Å². The summed E-state index contributed by atoms with van der Waals surface area (Å²) >= 11 is 0. The second kappa shape index (κ2) is 8.48. The van der Waals surface area contributed by atoms with E-state index in [1.165, 1.54) is 12.0 Å². The number of carbonyl (C=O) groups excluding carboxylic acids is 1. The van der Waals surface area contributed by atoms with Crippen LogP contribution in [-0.4, -0.2) is 29.9 Å². The van der Waals surface area contributed by atoms with Crippen LogP contribution in [0.5, 0.6) is 0 Å². The largest absolute Gasteiger partial charge is 0.353 e. The minimum atomic E-state index is -0.0407. The van der Waals surface area contributed by atoms with E-state index in [-0.39, 0.29) is 11.8 Å². The summed E-state index contributed by atoms with van der Waals surface area (Å²) in [6.07, 6.45) is 3.20. The van der Waals surface area contributed by atoms with E-state index < -0.39 is 0 Å². The Morgan fingerprint density at radius 1 is 1.00 bits per heavy atom. The van der Waals surface area contributed by atoms with Gasteiger partial charge >= 0.3 is 0 Å². The lowest BCUT2D eigenvalue weighted by molar-refractivity contribution is -0.123. The molecule has 3 heteroatoms. The van der Waals surface area contributed by atoms with E-state index in [0.717, 1.165) is 31.5 Å². The molecule has 2 aromatic rings. The van der Waals surface area contributed by atoms with Crippen LogP contribution < -0.4 is 5.32 Å². The molecule has 0 aromatic heterocycles. The predicted molar refractivity (Wildman–Crippen MR) is 114 cm³/mol. The number of nitrogens with one attached hydrogen (secondary N) is 1. The van der Waals surface area contributed by atoms with Crippen LogP contribution >= 0.6 is 0 Å². The fraction of sp³-hybridized carbons (Fsp3) is 0.480. The van der Waals surface area contributed by atoms with Gasteiger partial charge in [0.1, 0.15) is 0 Å². The normalized spacial score (nSPS) is 26.6. The highest BCUT2D eigenvalue weighted by molar-refractivity contribution is 5.83. The highest BCUT2D eigenvalue weighted by atomic mass is 16.1. The standard InChI is InChI=1S/C25H32N2O/c1-3-22(20-12-8-5-9-13-20)25(28)26-24-15-14-21-16-27(17-23(21)24)18(2)19-10-6-4-7-11-19/h4-13,18,21-24H,3,14-17H2,1-2H3,(H,26,28)/t18-,21-,22-,23+,24+/m0/s1. The first-order chi connectivity index (χ1) is 13.7. The molecular formula is C25H32N2O. The van der Waals surface area contributed by atoms with Gasteiger partial charge in [-0.15, -0.1) is 0 Å². The first-order valence-electron chi connectivity index (χ1n) is 10.8. The molecule has 0 radical (unpaired) electrons. The van der Waals surface area contributed by atoms with Crippen LogP contribution in [0.15, 0.2) is 60.7 Å². The lowest BCUT2D eigenvalue weighted by atomic mass is 9.93. The van der Waals surface area contributed by atoms with Crippen molar-refractivity contribution in [2.75, 3.05) is 13.1 Å². The summed E-state index contributed by atoms with van der Waals surface area (Å²) in [5.41, 5.74) is 2.51. The Hall–Kier alpha value is -2.13. The number of rotatable bonds is 6. The SMILES string of the molecule is CC[C@H](C(=O)N[C@@H]1CC[C@H]2CN([C@@H](C)c3ccccc3)C[C@H]21)c1ccccc1. The van der Waals surface area contributed by atoms with Gasteiger partial charge in [0.2, 0.25) is 5.91 Å². The van der Waals surface area contributed by atoms with Crippen molar-refractivity contribution in [3.05, 3.63) is 71.8 Å². The smallest absolute Gasteiger partial charge is 0.227 e. The third-order valence-corrected chi connectivity index (χ3v) is 6.97. The highest BCUT2D eigenvalue weighted by Crippen LogP contribution is 2.41. The van der Waals surface area contributed by atoms with E-state index in [4.69, 9.17) is 0 Å². The lowest BCUT2D eigenvalue weighted by Gasteiger charge is -2.27.